The summed E-state index contributed by atoms with van der Waals surface area (Å²) in [5, 5.41) is 2.64. The van der Waals surface area contributed by atoms with Gasteiger partial charge in [0.05, 0.1) is 19.2 Å². The van der Waals surface area contributed by atoms with Gasteiger partial charge < -0.3 is 15.5 Å². The van der Waals surface area contributed by atoms with Gasteiger partial charge in [0, 0.05) is 5.92 Å². The van der Waals surface area contributed by atoms with E-state index in [1.54, 1.807) is 25.3 Å². The zero-order chi connectivity index (χ0) is 12.0. The Balaban J connectivity index is 2.19. The van der Waals surface area contributed by atoms with Crippen LogP contribution in [0.3, 0.4) is 0 Å². The Bertz CT molecular complexity index is 346. The number of hydrogen-bond donors (Lipinski definition) is 2. The highest BCUT2D eigenvalue weighted by atomic mass is 16.3. The second-order valence-electron chi connectivity index (χ2n) is 3.54. The molecular weight excluding hydrogens is 208 g/mol. The molecule has 1 aromatic rings. The Kier molecular flexibility index (Phi) is 4.57. The lowest BCUT2D eigenvalue weighted by Crippen LogP contribution is -2.26. The Morgan fingerprint density at radius 3 is 2.94 bits per heavy atom. The number of rotatable bonds is 6. The topological polar surface area (TPSA) is 85.3 Å². The standard InChI is InChI=1S/C11H15N2O3/c1-8(11(12)15)4-5-10(14)13-7-9-3-2-6-16-9/h2-3,5-6,8H,4,7H2,1H3,(H2,12,15)(H,13,14)/t8-/m0/s1. The highest BCUT2D eigenvalue weighted by Gasteiger charge is 2.11. The summed E-state index contributed by atoms with van der Waals surface area (Å²) in [6.07, 6.45) is 3.30. The molecule has 0 spiro atoms. The minimum Gasteiger partial charge on any atom is -0.467 e. The van der Waals surface area contributed by atoms with Crippen molar-refractivity contribution < 1.29 is 14.0 Å². The van der Waals surface area contributed by atoms with Crippen LogP contribution in [0.4, 0.5) is 0 Å². The van der Waals surface area contributed by atoms with Gasteiger partial charge in [-0.1, -0.05) is 6.92 Å². The van der Waals surface area contributed by atoms with Crippen molar-refractivity contribution in [1.82, 2.24) is 5.32 Å². The van der Waals surface area contributed by atoms with Gasteiger partial charge in [0.25, 0.3) is 0 Å². The first-order valence-corrected chi connectivity index (χ1v) is 5.02. The van der Waals surface area contributed by atoms with E-state index in [1.165, 1.54) is 6.42 Å². The zero-order valence-electron chi connectivity index (χ0n) is 9.10. The van der Waals surface area contributed by atoms with Crippen molar-refractivity contribution in [3.05, 3.63) is 30.6 Å². The number of hydrogen-bond acceptors (Lipinski definition) is 3. The summed E-state index contributed by atoms with van der Waals surface area (Å²) in [6.45, 7) is 2.02. The van der Waals surface area contributed by atoms with E-state index < -0.39 is 5.91 Å². The number of nitrogens with one attached hydrogen (secondary N) is 1. The molecule has 0 aliphatic heterocycles. The van der Waals surface area contributed by atoms with E-state index in [2.05, 4.69) is 5.32 Å². The van der Waals surface area contributed by atoms with Gasteiger partial charge in [-0.05, 0) is 18.6 Å². The van der Waals surface area contributed by atoms with Crippen molar-refractivity contribution in [2.45, 2.75) is 19.9 Å². The van der Waals surface area contributed by atoms with Crippen LogP contribution >= 0.6 is 0 Å². The predicted octanol–water partition coefficient (Wildman–Crippen LogP) is 0.612. The van der Waals surface area contributed by atoms with E-state index in [4.69, 9.17) is 10.2 Å². The first-order valence-electron chi connectivity index (χ1n) is 5.02. The minimum absolute atomic E-state index is 0.232. The van der Waals surface area contributed by atoms with Crippen LogP contribution in [0.15, 0.2) is 22.8 Å². The molecule has 0 aromatic carbocycles. The van der Waals surface area contributed by atoms with Crippen LogP contribution in [0.1, 0.15) is 19.1 Å². The lowest BCUT2D eigenvalue weighted by molar-refractivity contribution is -0.121. The van der Waals surface area contributed by atoms with Crippen LogP contribution in [0.5, 0.6) is 0 Å². The second-order valence-corrected chi connectivity index (χ2v) is 3.54. The van der Waals surface area contributed by atoms with Crippen LogP contribution < -0.4 is 11.1 Å². The molecule has 2 amide bonds. The molecule has 0 aliphatic carbocycles. The van der Waals surface area contributed by atoms with E-state index in [0.717, 1.165) is 0 Å². The van der Waals surface area contributed by atoms with Crippen molar-refractivity contribution in [3.8, 4) is 0 Å². The third-order valence-electron chi connectivity index (χ3n) is 2.16. The Labute approximate surface area is 94.0 Å². The van der Waals surface area contributed by atoms with E-state index in [0.29, 0.717) is 18.7 Å². The molecule has 0 fully saturated rings. The minimum atomic E-state index is -0.407. The molecule has 3 N–H and O–H groups in total. The van der Waals surface area contributed by atoms with Crippen LogP contribution in [0, 0.1) is 12.3 Å². The fourth-order valence-corrected chi connectivity index (χ4v) is 1.06. The first-order chi connectivity index (χ1) is 7.59. The number of nitrogens with two attached hydrogens (primary N) is 1. The largest absolute Gasteiger partial charge is 0.467 e. The van der Waals surface area contributed by atoms with Crippen LogP contribution in [-0.2, 0) is 16.1 Å². The van der Waals surface area contributed by atoms with Crippen molar-refractivity contribution >= 4 is 11.8 Å². The molecule has 1 heterocycles. The second kappa shape index (κ2) is 5.95. The average Bonchev–Trinajstić information content (AvgIpc) is 2.75. The van der Waals surface area contributed by atoms with Crippen molar-refractivity contribution in [2.24, 2.45) is 11.7 Å². The highest BCUT2D eigenvalue weighted by molar-refractivity contribution is 5.85. The van der Waals surface area contributed by atoms with Gasteiger partial charge in [-0.25, -0.2) is 0 Å². The molecule has 0 saturated heterocycles. The van der Waals surface area contributed by atoms with Gasteiger partial charge in [0.1, 0.15) is 5.76 Å². The molecule has 5 heteroatoms. The molecule has 1 rings (SSSR count). The van der Waals surface area contributed by atoms with Crippen molar-refractivity contribution in [3.63, 3.8) is 0 Å². The van der Waals surface area contributed by atoms with Crippen molar-refractivity contribution in [1.29, 1.82) is 0 Å². The molecule has 1 aromatic heterocycles. The maximum absolute atomic E-state index is 11.3. The molecule has 0 bridgehead atoms. The first kappa shape index (κ1) is 12.3. The van der Waals surface area contributed by atoms with Crippen LogP contribution in [0.2, 0.25) is 0 Å². The summed E-state index contributed by atoms with van der Waals surface area (Å²) < 4.78 is 5.04. The Morgan fingerprint density at radius 1 is 1.62 bits per heavy atom. The maximum Gasteiger partial charge on any atom is 0.224 e. The summed E-state index contributed by atoms with van der Waals surface area (Å²) >= 11 is 0. The summed E-state index contributed by atoms with van der Waals surface area (Å²) in [5.74, 6) is -0.279. The Hall–Kier alpha value is -1.78. The quantitative estimate of drug-likeness (QED) is 0.741. The number of amides is 2. The SMILES string of the molecule is C[C@@H](C[CH]C(=O)NCc1ccco1)C(N)=O. The van der Waals surface area contributed by atoms with E-state index in [1.807, 2.05) is 0 Å². The molecule has 1 atom stereocenters. The molecule has 16 heavy (non-hydrogen) atoms. The normalized spacial score (nSPS) is 12.1. The summed E-state index contributed by atoms with van der Waals surface area (Å²) in [4.78, 5) is 22.0. The number of primary amides is 1. The van der Waals surface area contributed by atoms with E-state index >= 15 is 0 Å². The fourth-order valence-electron chi connectivity index (χ4n) is 1.06. The predicted molar refractivity (Wildman–Crippen MR) is 57.8 cm³/mol. The number of carbonyl (C=O) groups is 2. The molecule has 87 valence electrons. The van der Waals surface area contributed by atoms with Gasteiger partial charge >= 0.3 is 0 Å². The molecule has 0 saturated carbocycles. The lowest BCUT2D eigenvalue weighted by Gasteiger charge is -2.06. The molecule has 5 nitrogen and oxygen atoms in total. The number of furan rings is 1. The summed E-state index contributed by atoms with van der Waals surface area (Å²) in [7, 11) is 0. The van der Waals surface area contributed by atoms with Gasteiger partial charge in [0.2, 0.25) is 11.8 Å². The molecular formula is C11H15N2O3. The highest BCUT2D eigenvalue weighted by Crippen LogP contribution is 2.04. The third kappa shape index (κ3) is 4.16. The van der Waals surface area contributed by atoms with Crippen molar-refractivity contribution in [2.75, 3.05) is 0 Å². The number of carbonyl (C=O) groups excluding carboxylic acids is 2. The third-order valence-corrected chi connectivity index (χ3v) is 2.16. The fraction of sp³-hybridized carbons (Fsp3) is 0.364. The Morgan fingerprint density at radius 2 is 2.38 bits per heavy atom. The lowest BCUT2D eigenvalue weighted by atomic mass is 10.1. The van der Waals surface area contributed by atoms with Gasteiger partial charge in [-0.3, -0.25) is 9.59 Å². The monoisotopic (exact) mass is 223 g/mol. The zero-order valence-corrected chi connectivity index (χ0v) is 9.10. The molecule has 0 unspecified atom stereocenters. The van der Waals surface area contributed by atoms with Gasteiger partial charge in [0.15, 0.2) is 0 Å². The maximum atomic E-state index is 11.3. The van der Waals surface area contributed by atoms with Crippen LogP contribution in [0.25, 0.3) is 0 Å². The van der Waals surface area contributed by atoms with Crippen LogP contribution in [-0.4, -0.2) is 11.8 Å². The van der Waals surface area contributed by atoms with E-state index in [-0.39, 0.29) is 11.8 Å². The average molecular weight is 223 g/mol. The summed E-state index contributed by atoms with van der Waals surface area (Å²) in [5.41, 5.74) is 5.07. The van der Waals surface area contributed by atoms with Gasteiger partial charge in [-0.15, -0.1) is 0 Å². The molecule has 1 radical (unpaired) electrons. The smallest absolute Gasteiger partial charge is 0.224 e. The van der Waals surface area contributed by atoms with E-state index in [9.17, 15) is 9.59 Å². The molecule has 0 aliphatic rings. The van der Waals surface area contributed by atoms with Gasteiger partial charge in [-0.2, -0.15) is 0 Å². The summed E-state index contributed by atoms with van der Waals surface area (Å²) in [6, 6.07) is 3.52.